The molecule has 0 aliphatic heterocycles. The number of carbonyl (C=O) groups is 1. The minimum absolute atomic E-state index is 0.0160. The van der Waals surface area contributed by atoms with E-state index in [-0.39, 0.29) is 22.4 Å². The van der Waals surface area contributed by atoms with Gasteiger partial charge in [-0.1, -0.05) is 25.4 Å². The Balaban J connectivity index is 2.19. The Morgan fingerprint density at radius 3 is 2.55 bits per heavy atom. The summed E-state index contributed by atoms with van der Waals surface area (Å²) in [6.07, 6.45) is 3.96. The monoisotopic (exact) mass is 297 g/mol. The number of rotatable bonds is 3. The molecule has 2 rings (SSSR count). The molecule has 20 heavy (non-hydrogen) atoms. The first kappa shape index (κ1) is 15.0. The molecule has 0 radical (unpaired) electrons. The fourth-order valence-electron chi connectivity index (χ4n) is 2.55. The summed E-state index contributed by atoms with van der Waals surface area (Å²) in [6.45, 7) is 4.48. The van der Waals surface area contributed by atoms with E-state index in [1.165, 1.54) is 12.1 Å². The zero-order valence-corrected chi connectivity index (χ0v) is 12.5. The highest BCUT2D eigenvalue weighted by Crippen LogP contribution is 2.39. The van der Waals surface area contributed by atoms with Crippen molar-refractivity contribution in [3.8, 4) is 5.75 Å². The van der Waals surface area contributed by atoms with E-state index in [0.29, 0.717) is 11.1 Å². The molecule has 110 valence electrons. The van der Waals surface area contributed by atoms with Crippen molar-refractivity contribution in [1.29, 1.82) is 0 Å². The first-order valence-electron chi connectivity index (χ1n) is 6.77. The summed E-state index contributed by atoms with van der Waals surface area (Å²) in [6, 6.07) is 2.91. The van der Waals surface area contributed by atoms with Crippen LogP contribution in [0.15, 0.2) is 12.1 Å². The molecular weight excluding hydrogens is 278 g/mol. The number of ether oxygens (including phenoxy) is 1. The zero-order chi connectivity index (χ0) is 14.9. The first-order valence-corrected chi connectivity index (χ1v) is 7.15. The van der Waals surface area contributed by atoms with E-state index in [1.807, 2.05) is 0 Å². The predicted molar refractivity (Wildman–Crippen MR) is 79.5 cm³/mol. The predicted octanol–water partition coefficient (Wildman–Crippen LogP) is 3.97. The van der Waals surface area contributed by atoms with Crippen LogP contribution in [0.3, 0.4) is 0 Å². The maximum atomic E-state index is 11.3. The van der Waals surface area contributed by atoms with Gasteiger partial charge in [0.1, 0.15) is 5.56 Å². The second-order valence-electron chi connectivity index (χ2n) is 6.17. The highest BCUT2D eigenvalue weighted by atomic mass is 35.5. The van der Waals surface area contributed by atoms with Gasteiger partial charge in [0, 0.05) is 5.69 Å². The van der Waals surface area contributed by atoms with Gasteiger partial charge in [-0.25, -0.2) is 4.79 Å². The molecule has 1 aromatic carbocycles. The minimum Gasteiger partial charge on any atom is -0.488 e. The van der Waals surface area contributed by atoms with Gasteiger partial charge in [-0.2, -0.15) is 0 Å². The van der Waals surface area contributed by atoms with E-state index < -0.39 is 5.97 Å². The van der Waals surface area contributed by atoms with Crippen molar-refractivity contribution in [2.75, 3.05) is 5.73 Å². The normalized spacial score (nSPS) is 18.8. The molecule has 1 aliphatic rings. The van der Waals surface area contributed by atoms with Crippen molar-refractivity contribution in [1.82, 2.24) is 0 Å². The van der Waals surface area contributed by atoms with Crippen LogP contribution in [0.4, 0.5) is 5.69 Å². The second-order valence-corrected chi connectivity index (χ2v) is 6.57. The van der Waals surface area contributed by atoms with Crippen molar-refractivity contribution < 1.29 is 14.6 Å². The Morgan fingerprint density at radius 2 is 2.00 bits per heavy atom. The molecule has 0 atom stereocenters. The van der Waals surface area contributed by atoms with E-state index in [4.69, 9.17) is 22.1 Å². The Hall–Kier alpha value is -1.42. The third kappa shape index (κ3) is 3.37. The number of nitrogen functional groups attached to an aromatic ring is 1. The fraction of sp³-hybridized carbons (Fsp3) is 0.533. The van der Waals surface area contributed by atoms with E-state index in [0.717, 1.165) is 25.7 Å². The van der Waals surface area contributed by atoms with Crippen LogP contribution < -0.4 is 10.5 Å². The second kappa shape index (κ2) is 5.52. The number of aromatic carboxylic acids is 1. The molecular formula is C15H20ClNO3. The van der Waals surface area contributed by atoms with Gasteiger partial charge in [0.2, 0.25) is 0 Å². The van der Waals surface area contributed by atoms with Gasteiger partial charge >= 0.3 is 5.97 Å². The molecule has 3 N–H and O–H groups in total. The van der Waals surface area contributed by atoms with Gasteiger partial charge in [0.05, 0.1) is 11.1 Å². The van der Waals surface area contributed by atoms with Gasteiger partial charge in [0.15, 0.2) is 5.75 Å². The Labute approximate surface area is 123 Å². The third-order valence-corrected chi connectivity index (χ3v) is 4.15. The summed E-state index contributed by atoms with van der Waals surface area (Å²) in [5, 5.41) is 9.49. The Morgan fingerprint density at radius 1 is 1.40 bits per heavy atom. The first-order chi connectivity index (χ1) is 9.28. The lowest BCUT2D eigenvalue weighted by Gasteiger charge is -2.34. The van der Waals surface area contributed by atoms with E-state index in [1.54, 1.807) is 0 Å². The molecule has 0 heterocycles. The summed E-state index contributed by atoms with van der Waals surface area (Å²) >= 11 is 6.09. The number of hydrogen-bond acceptors (Lipinski definition) is 3. The number of carboxylic acid groups (broad SMARTS) is 1. The number of halogens is 1. The van der Waals surface area contributed by atoms with Crippen LogP contribution in [0.25, 0.3) is 0 Å². The van der Waals surface area contributed by atoms with Crippen LogP contribution in [0.2, 0.25) is 5.02 Å². The lowest BCUT2D eigenvalue weighted by atomic mass is 9.76. The minimum atomic E-state index is -1.08. The third-order valence-electron chi connectivity index (χ3n) is 3.87. The maximum absolute atomic E-state index is 11.3. The van der Waals surface area contributed by atoms with Crippen molar-refractivity contribution in [2.24, 2.45) is 5.41 Å². The molecule has 5 heteroatoms. The molecule has 0 aromatic heterocycles. The Kier molecular flexibility index (Phi) is 4.14. The van der Waals surface area contributed by atoms with Gasteiger partial charge in [0.25, 0.3) is 0 Å². The number of nitrogens with two attached hydrogens (primary N) is 1. The van der Waals surface area contributed by atoms with Gasteiger partial charge < -0.3 is 15.6 Å². The quantitative estimate of drug-likeness (QED) is 0.828. The largest absolute Gasteiger partial charge is 0.488 e. The van der Waals surface area contributed by atoms with E-state index >= 15 is 0 Å². The van der Waals surface area contributed by atoms with Gasteiger partial charge in [-0.15, -0.1) is 0 Å². The molecule has 1 aliphatic carbocycles. The molecule has 0 bridgehead atoms. The number of anilines is 1. The van der Waals surface area contributed by atoms with E-state index in [2.05, 4.69) is 13.8 Å². The molecule has 0 spiro atoms. The SMILES string of the molecule is CC1(C)CCC(Oc2c(Cl)cc(N)cc2C(=O)O)CC1. The zero-order valence-electron chi connectivity index (χ0n) is 11.8. The van der Waals surface area contributed by atoms with Gasteiger partial charge in [-0.05, 0) is 43.2 Å². The van der Waals surface area contributed by atoms with Crippen LogP contribution in [-0.4, -0.2) is 17.2 Å². The van der Waals surface area contributed by atoms with Crippen molar-refractivity contribution in [3.63, 3.8) is 0 Å². The van der Waals surface area contributed by atoms with Crippen molar-refractivity contribution in [3.05, 3.63) is 22.7 Å². The summed E-state index contributed by atoms with van der Waals surface area (Å²) in [4.78, 5) is 11.3. The van der Waals surface area contributed by atoms with Crippen LogP contribution in [0.1, 0.15) is 49.9 Å². The van der Waals surface area contributed by atoms with Crippen molar-refractivity contribution in [2.45, 2.75) is 45.6 Å². The van der Waals surface area contributed by atoms with E-state index in [9.17, 15) is 9.90 Å². The molecule has 1 saturated carbocycles. The summed E-state index contributed by atoms with van der Waals surface area (Å²) in [5.41, 5.74) is 6.32. The molecule has 0 amide bonds. The molecule has 1 aromatic rings. The molecule has 4 nitrogen and oxygen atoms in total. The summed E-state index contributed by atoms with van der Waals surface area (Å²) < 4.78 is 5.86. The van der Waals surface area contributed by atoms with Crippen LogP contribution >= 0.6 is 11.6 Å². The smallest absolute Gasteiger partial charge is 0.339 e. The van der Waals surface area contributed by atoms with Crippen molar-refractivity contribution >= 4 is 23.3 Å². The molecule has 0 unspecified atom stereocenters. The highest BCUT2D eigenvalue weighted by Gasteiger charge is 2.29. The topological polar surface area (TPSA) is 72.5 Å². The average molecular weight is 298 g/mol. The summed E-state index contributed by atoms with van der Waals surface area (Å²) in [5.74, 6) is -0.844. The lowest BCUT2D eigenvalue weighted by Crippen LogP contribution is -2.29. The lowest BCUT2D eigenvalue weighted by molar-refractivity contribution is 0.0674. The number of carboxylic acids is 1. The Bertz CT molecular complexity index is 518. The standard InChI is InChI=1S/C15H20ClNO3/c1-15(2)5-3-10(4-6-15)20-13-11(14(18)19)7-9(17)8-12(13)16/h7-8,10H,3-6,17H2,1-2H3,(H,18,19). The molecule has 1 fully saturated rings. The molecule has 0 saturated heterocycles. The number of benzene rings is 1. The maximum Gasteiger partial charge on any atom is 0.339 e. The number of hydrogen-bond donors (Lipinski definition) is 2. The summed E-state index contributed by atoms with van der Waals surface area (Å²) in [7, 11) is 0. The van der Waals surface area contributed by atoms with Crippen LogP contribution in [0, 0.1) is 5.41 Å². The van der Waals surface area contributed by atoms with Crippen LogP contribution in [0.5, 0.6) is 5.75 Å². The average Bonchev–Trinajstić information content (AvgIpc) is 2.34. The van der Waals surface area contributed by atoms with Crippen LogP contribution in [-0.2, 0) is 0 Å². The highest BCUT2D eigenvalue weighted by molar-refractivity contribution is 6.33. The van der Waals surface area contributed by atoms with Gasteiger partial charge in [-0.3, -0.25) is 0 Å². The fourth-order valence-corrected chi connectivity index (χ4v) is 2.82.